The molecule has 3 heteroatoms. The number of hydrogen-bond acceptors (Lipinski definition) is 3. The summed E-state index contributed by atoms with van der Waals surface area (Å²) < 4.78 is 10.9. The Labute approximate surface area is 103 Å². The molecule has 0 aromatic heterocycles. The molecule has 1 N–H and O–H groups in total. The molecule has 1 aromatic rings. The summed E-state index contributed by atoms with van der Waals surface area (Å²) in [5.74, 6) is 2.28. The second-order valence-electron chi connectivity index (χ2n) is 4.39. The van der Waals surface area contributed by atoms with Crippen LogP contribution >= 0.6 is 0 Å². The highest BCUT2D eigenvalue weighted by molar-refractivity contribution is 5.44. The van der Waals surface area contributed by atoms with Crippen LogP contribution in [0.5, 0.6) is 11.5 Å². The fourth-order valence-electron chi connectivity index (χ4n) is 2.35. The molecule has 0 amide bonds. The first-order chi connectivity index (χ1) is 8.35. The third-order valence-corrected chi connectivity index (χ3v) is 3.26. The van der Waals surface area contributed by atoms with Gasteiger partial charge in [-0.1, -0.05) is 6.07 Å². The van der Waals surface area contributed by atoms with Crippen LogP contribution in [-0.2, 0) is 0 Å². The average Bonchev–Trinajstić information content (AvgIpc) is 2.40. The molecule has 94 valence electrons. The maximum atomic E-state index is 5.61. The molecule has 1 aliphatic rings. The van der Waals surface area contributed by atoms with Crippen LogP contribution in [0.1, 0.15) is 31.2 Å². The molecule has 0 bridgehead atoms. The van der Waals surface area contributed by atoms with E-state index in [0.717, 1.165) is 24.6 Å². The number of nitrogens with one attached hydrogen (secondary N) is 1. The number of piperidine rings is 1. The van der Waals surface area contributed by atoms with Gasteiger partial charge < -0.3 is 14.8 Å². The summed E-state index contributed by atoms with van der Waals surface area (Å²) >= 11 is 0. The van der Waals surface area contributed by atoms with Gasteiger partial charge in [-0.15, -0.1) is 0 Å². The van der Waals surface area contributed by atoms with Crippen LogP contribution in [0.2, 0.25) is 0 Å². The van der Waals surface area contributed by atoms with Crippen molar-refractivity contribution in [3.63, 3.8) is 0 Å². The molecule has 1 aliphatic heterocycles. The van der Waals surface area contributed by atoms with E-state index in [1.807, 2.05) is 13.0 Å². The predicted octanol–water partition coefficient (Wildman–Crippen LogP) is 2.56. The summed E-state index contributed by atoms with van der Waals surface area (Å²) in [6, 6.07) is 6.29. The van der Waals surface area contributed by atoms with Crippen molar-refractivity contribution in [3.8, 4) is 11.5 Å². The van der Waals surface area contributed by atoms with E-state index in [2.05, 4.69) is 17.4 Å². The van der Waals surface area contributed by atoms with Crippen molar-refractivity contribution in [1.82, 2.24) is 5.32 Å². The maximum absolute atomic E-state index is 5.61. The Morgan fingerprint density at radius 2 is 2.24 bits per heavy atom. The van der Waals surface area contributed by atoms with E-state index in [0.29, 0.717) is 12.5 Å². The molecule has 1 fully saturated rings. The van der Waals surface area contributed by atoms with Crippen LogP contribution in [0.15, 0.2) is 18.2 Å². The zero-order valence-corrected chi connectivity index (χ0v) is 10.7. The molecule has 2 rings (SSSR count). The van der Waals surface area contributed by atoms with Gasteiger partial charge >= 0.3 is 0 Å². The quantitative estimate of drug-likeness (QED) is 0.870. The number of ether oxygens (including phenoxy) is 2. The van der Waals surface area contributed by atoms with Gasteiger partial charge in [-0.2, -0.15) is 0 Å². The third-order valence-electron chi connectivity index (χ3n) is 3.26. The molecule has 0 spiro atoms. The Balaban J connectivity index is 2.19. The van der Waals surface area contributed by atoms with Gasteiger partial charge in [-0.3, -0.25) is 0 Å². The van der Waals surface area contributed by atoms with E-state index >= 15 is 0 Å². The van der Waals surface area contributed by atoms with Crippen molar-refractivity contribution in [2.45, 2.75) is 25.7 Å². The zero-order chi connectivity index (χ0) is 12.1. The van der Waals surface area contributed by atoms with Crippen molar-refractivity contribution >= 4 is 0 Å². The summed E-state index contributed by atoms with van der Waals surface area (Å²) in [5.41, 5.74) is 1.35. The molecule has 0 saturated carbocycles. The summed E-state index contributed by atoms with van der Waals surface area (Å²) in [4.78, 5) is 0. The lowest BCUT2D eigenvalue weighted by Gasteiger charge is -2.24. The summed E-state index contributed by atoms with van der Waals surface area (Å²) in [5, 5.41) is 3.44. The van der Waals surface area contributed by atoms with Crippen LogP contribution in [-0.4, -0.2) is 26.8 Å². The average molecular weight is 235 g/mol. The minimum Gasteiger partial charge on any atom is -0.493 e. The van der Waals surface area contributed by atoms with E-state index in [4.69, 9.17) is 9.47 Å². The van der Waals surface area contributed by atoms with Gasteiger partial charge in [0.2, 0.25) is 0 Å². The Morgan fingerprint density at radius 3 is 2.88 bits per heavy atom. The lowest BCUT2D eigenvalue weighted by Crippen LogP contribution is -2.28. The molecule has 0 aliphatic carbocycles. The molecule has 1 heterocycles. The summed E-state index contributed by atoms with van der Waals surface area (Å²) in [6.07, 6.45) is 2.51. The zero-order valence-electron chi connectivity index (χ0n) is 10.7. The Morgan fingerprint density at radius 1 is 1.35 bits per heavy atom. The number of hydrogen-bond donors (Lipinski definition) is 1. The van der Waals surface area contributed by atoms with Gasteiger partial charge in [0, 0.05) is 6.54 Å². The third kappa shape index (κ3) is 2.91. The second kappa shape index (κ2) is 5.92. The highest BCUT2D eigenvalue weighted by Crippen LogP contribution is 2.32. The number of benzene rings is 1. The largest absolute Gasteiger partial charge is 0.493 e. The van der Waals surface area contributed by atoms with Gasteiger partial charge in [0.05, 0.1) is 13.7 Å². The van der Waals surface area contributed by atoms with Crippen LogP contribution < -0.4 is 14.8 Å². The van der Waals surface area contributed by atoms with Gasteiger partial charge in [0.15, 0.2) is 11.5 Å². The summed E-state index contributed by atoms with van der Waals surface area (Å²) in [7, 11) is 1.68. The fourth-order valence-corrected chi connectivity index (χ4v) is 2.35. The lowest BCUT2D eigenvalue weighted by molar-refractivity contribution is 0.310. The lowest BCUT2D eigenvalue weighted by atomic mass is 9.91. The fraction of sp³-hybridized carbons (Fsp3) is 0.571. The molecule has 1 atom stereocenters. The maximum Gasteiger partial charge on any atom is 0.161 e. The second-order valence-corrected chi connectivity index (χ2v) is 4.39. The minimum atomic E-state index is 0.605. The SMILES string of the molecule is CCOc1cc(C2CCCNC2)ccc1OC. The van der Waals surface area contributed by atoms with Crippen molar-refractivity contribution < 1.29 is 9.47 Å². The first-order valence-corrected chi connectivity index (χ1v) is 6.36. The van der Waals surface area contributed by atoms with Crippen LogP contribution in [0.4, 0.5) is 0 Å². The molecule has 1 saturated heterocycles. The molecule has 1 aromatic carbocycles. The monoisotopic (exact) mass is 235 g/mol. The van der Waals surface area contributed by atoms with Crippen molar-refractivity contribution in [2.24, 2.45) is 0 Å². The molecule has 17 heavy (non-hydrogen) atoms. The first kappa shape index (κ1) is 12.2. The van der Waals surface area contributed by atoms with Crippen molar-refractivity contribution in [1.29, 1.82) is 0 Å². The van der Waals surface area contributed by atoms with E-state index < -0.39 is 0 Å². The van der Waals surface area contributed by atoms with E-state index in [1.54, 1.807) is 7.11 Å². The topological polar surface area (TPSA) is 30.5 Å². The molecule has 0 radical (unpaired) electrons. The van der Waals surface area contributed by atoms with Crippen molar-refractivity contribution in [3.05, 3.63) is 23.8 Å². The van der Waals surface area contributed by atoms with Crippen LogP contribution in [0.25, 0.3) is 0 Å². The highest BCUT2D eigenvalue weighted by Gasteiger charge is 2.16. The van der Waals surface area contributed by atoms with Crippen LogP contribution in [0.3, 0.4) is 0 Å². The van der Waals surface area contributed by atoms with Gasteiger partial charge in [0.1, 0.15) is 0 Å². The van der Waals surface area contributed by atoms with E-state index in [-0.39, 0.29) is 0 Å². The molecule has 3 nitrogen and oxygen atoms in total. The van der Waals surface area contributed by atoms with E-state index in [1.165, 1.54) is 18.4 Å². The first-order valence-electron chi connectivity index (χ1n) is 6.36. The van der Waals surface area contributed by atoms with E-state index in [9.17, 15) is 0 Å². The van der Waals surface area contributed by atoms with Crippen molar-refractivity contribution in [2.75, 3.05) is 26.8 Å². The van der Waals surface area contributed by atoms with Gasteiger partial charge in [0.25, 0.3) is 0 Å². The highest BCUT2D eigenvalue weighted by atomic mass is 16.5. The summed E-state index contributed by atoms with van der Waals surface area (Å²) in [6.45, 7) is 4.87. The Hall–Kier alpha value is -1.22. The minimum absolute atomic E-state index is 0.605. The van der Waals surface area contributed by atoms with Crippen LogP contribution in [0, 0.1) is 0 Å². The van der Waals surface area contributed by atoms with Gasteiger partial charge in [-0.05, 0) is 49.9 Å². The standard InChI is InChI=1S/C14H21NO2/c1-3-17-14-9-11(6-7-13(14)16-2)12-5-4-8-15-10-12/h6-7,9,12,15H,3-5,8,10H2,1-2H3. The Kier molecular flexibility index (Phi) is 4.26. The smallest absolute Gasteiger partial charge is 0.161 e. The normalized spacial score (nSPS) is 20.0. The number of methoxy groups -OCH3 is 1. The molecular formula is C14H21NO2. The number of rotatable bonds is 4. The molecule has 1 unspecified atom stereocenters. The predicted molar refractivity (Wildman–Crippen MR) is 69.0 cm³/mol. The molecular weight excluding hydrogens is 214 g/mol. The van der Waals surface area contributed by atoms with Gasteiger partial charge in [-0.25, -0.2) is 0 Å². The Bertz CT molecular complexity index is 359.